The summed E-state index contributed by atoms with van der Waals surface area (Å²) in [6, 6.07) is 10.4. The number of nitrogens with zero attached hydrogens (tertiary/aromatic N) is 3. The molecule has 2 aromatic rings. The van der Waals surface area contributed by atoms with Crippen molar-refractivity contribution in [2.75, 3.05) is 14.1 Å². The van der Waals surface area contributed by atoms with E-state index in [2.05, 4.69) is 65.4 Å². The van der Waals surface area contributed by atoms with E-state index < -0.39 is 0 Å². The van der Waals surface area contributed by atoms with Gasteiger partial charge in [0.05, 0.1) is 12.2 Å². The second-order valence-corrected chi connectivity index (χ2v) is 6.06. The highest BCUT2D eigenvalue weighted by Gasteiger charge is 2.11. The van der Waals surface area contributed by atoms with Gasteiger partial charge in [0.25, 0.3) is 0 Å². The Hall–Kier alpha value is -2.30. The van der Waals surface area contributed by atoms with Gasteiger partial charge >= 0.3 is 0 Å². The third-order valence-corrected chi connectivity index (χ3v) is 3.83. The van der Waals surface area contributed by atoms with Crippen LogP contribution in [0.2, 0.25) is 0 Å². The standard InChI is InChI=1S/C18H26N4O/c1-13(2)17-10-16(23-21-17)11-20-18(19-4)22(5)12-15-9-7-6-8-14(15)3/h6-10,13H,11-12H2,1-5H3,(H,19,20). The molecule has 0 aliphatic heterocycles. The maximum Gasteiger partial charge on any atom is 0.194 e. The Balaban J connectivity index is 1.95. The van der Waals surface area contributed by atoms with Gasteiger partial charge in [-0.2, -0.15) is 0 Å². The average Bonchev–Trinajstić information content (AvgIpc) is 2.99. The van der Waals surface area contributed by atoms with E-state index >= 15 is 0 Å². The number of guanidine groups is 1. The van der Waals surface area contributed by atoms with Gasteiger partial charge in [0, 0.05) is 26.7 Å². The van der Waals surface area contributed by atoms with E-state index in [-0.39, 0.29) is 0 Å². The molecule has 23 heavy (non-hydrogen) atoms. The number of hydrogen-bond donors (Lipinski definition) is 1. The maximum absolute atomic E-state index is 5.35. The van der Waals surface area contributed by atoms with Gasteiger partial charge in [-0.15, -0.1) is 0 Å². The van der Waals surface area contributed by atoms with Crippen molar-refractivity contribution in [3.8, 4) is 0 Å². The van der Waals surface area contributed by atoms with Crippen molar-refractivity contribution in [3.05, 3.63) is 52.9 Å². The van der Waals surface area contributed by atoms with Crippen molar-refractivity contribution in [1.82, 2.24) is 15.4 Å². The van der Waals surface area contributed by atoms with Gasteiger partial charge in [-0.1, -0.05) is 43.3 Å². The van der Waals surface area contributed by atoms with E-state index in [4.69, 9.17) is 4.52 Å². The van der Waals surface area contributed by atoms with Crippen LogP contribution in [-0.2, 0) is 13.1 Å². The molecule has 5 heteroatoms. The first-order chi connectivity index (χ1) is 11.0. The number of hydrogen-bond acceptors (Lipinski definition) is 3. The van der Waals surface area contributed by atoms with Gasteiger partial charge < -0.3 is 14.7 Å². The Morgan fingerprint density at radius 2 is 2.09 bits per heavy atom. The molecule has 1 heterocycles. The minimum atomic E-state index is 0.371. The zero-order valence-electron chi connectivity index (χ0n) is 14.6. The fourth-order valence-corrected chi connectivity index (χ4v) is 2.35. The van der Waals surface area contributed by atoms with Crippen LogP contribution in [0.25, 0.3) is 0 Å². The van der Waals surface area contributed by atoms with Crippen LogP contribution >= 0.6 is 0 Å². The lowest BCUT2D eigenvalue weighted by Gasteiger charge is -2.22. The second-order valence-electron chi connectivity index (χ2n) is 6.06. The zero-order valence-corrected chi connectivity index (χ0v) is 14.6. The summed E-state index contributed by atoms with van der Waals surface area (Å²) < 4.78 is 5.35. The highest BCUT2D eigenvalue weighted by molar-refractivity contribution is 5.79. The fourth-order valence-electron chi connectivity index (χ4n) is 2.35. The molecule has 0 saturated heterocycles. The first-order valence-corrected chi connectivity index (χ1v) is 7.93. The number of aryl methyl sites for hydroxylation is 1. The summed E-state index contributed by atoms with van der Waals surface area (Å²) in [5.74, 6) is 2.02. The Morgan fingerprint density at radius 1 is 1.35 bits per heavy atom. The monoisotopic (exact) mass is 314 g/mol. The Morgan fingerprint density at radius 3 is 2.70 bits per heavy atom. The maximum atomic E-state index is 5.35. The lowest BCUT2D eigenvalue weighted by atomic mass is 10.1. The van der Waals surface area contributed by atoms with Crippen molar-refractivity contribution < 1.29 is 4.52 Å². The lowest BCUT2D eigenvalue weighted by molar-refractivity contribution is 0.368. The molecule has 0 amide bonds. The molecule has 0 atom stereocenters. The minimum absolute atomic E-state index is 0.371. The molecule has 0 aliphatic rings. The van der Waals surface area contributed by atoms with Gasteiger partial charge in [0.1, 0.15) is 0 Å². The van der Waals surface area contributed by atoms with Crippen LogP contribution in [0.4, 0.5) is 0 Å². The van der Waals surface area contributed by atoms with E-state index in [1.54, 1.807) is 7.05 Å². The predicted molar refractivity (Wildman–Crippen MR) is 93.4 cm³/mol. The number of nitrogens with one attached hydrogen (secondary N) is 1. The summed E-state index contributed by atoms with van der Waals surface area (Å²) in [6.45, 7) is 7.71. The zero-order chi connectivity index (χ0) is 16.8. The van der Waals surface area contributed by atoms with Crippen LogP contribution in [0.3, 0.4) is 0 Å². The molecule has 0 fully saturated rings. The Labute approximate surface area is 138 Å². The van der Waals surface area contributed by atoms with Crippen LogP contribution in [-0.4, -0.2) is 30.1 Å². The van der Waals surface area contributed by atoms with Crippen molar-refractivity contribution in [3.63, 3.8) is 0 Å². The fraction of sp³-hybridized carbons (Fsp3) is 0.444. The molecular formula is C18H26N4O. The average molecular weight is 314 g/mol. The smallest absolute Gasteiger partial charge is 0.194 e. The van der Waals surface area contributed by atoms with Crippen molar-refractivity contribution in [1.29, 1.82) is 0 Å². The molecule has 5 nitrogen and oxygen atoms in total. The van der Waals surface area contributed by atoms with Gasteiger partial charge in [-0.25, -0.2) is 0 Å². The SMILES string of the molecule is CN=C(NCc1cc(C(C)C)no1)N(C)Cc1ccccc1C. The molecule has 0 saturated carbocycles. The normalized spacial score (nSPS) is 11.8. The van der Waals surface area contributed by atoms with E-state index in [0.29, 0.717) is 12.5 Å². The summed E-state index contributed by atoms with van der Waals surface area (Å²) in [5.41, 5.74) is 3.55. The van der Waals surface area contributed by atoms with Gasteiger partial charge in [-0.3, -0.25) is 4.99 Å². The molecule has 1 aromatic heterocycles. The van der Waals surface area contributed by atoms with Gasteiger partial charge in [0.15, 0.2) is 11.7 Å². The lowest BCUT2D eigenvalue weighted by Crippen LogP contribution is -2.38. The Bertz CT molecular complexity index is 661. The second kappa shape index (κ2) is 7.81. The van der Waals surface area contributed by atoms with Crippen molar-refractivity contribution >= 4 is 5.96 Å². The van der Waals surface area contributed by atoms with Crippen molar-refractivity contribution in [2.45, 2.75) is 39.8 Å². The van der Waals surface area contributed by atoms with Crippen LogP contribution in [0.5, 0.6) is 0 Å². The van der Waals surface area contributed by atoms with Gasteiger partial charge in [-0.05, 0) is 24.0 Å². The van der Waals surface area contributed by atoms with E-state index in [1.807, 2.05) is 13.1 Å². The summed E-state index contributed by atoms with van der Waals surface area (Å²) in [4.78, 5) is 6.44. The van der Waals surface area contributed by atoms with E-state index in [9.17, 15) is 0 Å². The summed E-state index contributed by atoms with van der Waals surface area (Å²) in [6.07, 6.45) is 0. The van der Waals surface area contributed by atoms with Crippen molar-refractivity contribution in [2.24, 2.45) is 4.99 Å². The summed E-state index contributed by atoms with van der Waals surface area (Å²) in [5, 5.41) is 7.39. The molecule has 2 rings (SSSR count). The summed E-state index contributed by atoms with van der Waals surface area (Å²) in [7, 11) is 3.82. The molecule has 0 unspecified atom stereocenters. The van der Waals surface area contributed by atoms with Crippen LogP contribution < -0.4 is 5.32 Å². The molecule has 1 aromatic carbocycles. The predicted octanol–water partition coefficient (Wildman–Crippen LogP) is 3.31. The number of aliphatic imine (C=N–C) groups is 1. The number of aromatic nitrogens is 1. The molecule has 0 radical (unpaired) electrons. The molecule has 0 aliphatic carbocycles. The molecule has 0 bridgehead atoms. The van der Waals surface area contributed by atoms with E-state index in [0.717, 1.165) is 24.0 Å². The minimum Gasteiger partial charge on any atom is -0.359 e. The summed E-state index contributed by atoms with van der Waals surface area (Å²) >= 11 is 0. The highest BCUT2D eigenvalue weighted by Crippen LogP contribution is 2.14. The third-order valence-electron chi connectivity index (χ3n) is 3.83. The van der Waals surface area contributed by atoms with Crippen LogP contribution in [0, 0.1) is 6.92 Å². The van der Waals surface area contributed by atoms with Crippen LogP contribution in [0.1, 0.15) is 42.3 Å². The molecule has 0 spiro atoms. The quantitative estimate of drug-likeness (QED) is 0.679. The molecule has 1 N–H and O–H groups in total. The topological polar surface area (TPSA) is 53.7 Å². The number of rotatable bonds is 5. The Kier molecular flexibility index (Phi) is 5.79. The molecule has 124 valence electrons. The first-order valence-electron chi connectivity index (χ1n) is 7.93. The van der Waals surface area contributed by atoms with Crippen LogP contribution in [0.15, 0.2) is 39.8 Å². The molecular weight excluding hydrogens is 288 g/mol. The third kappa shape index (κ3) is 4.58. The largest absolute Gasteiger partial charge is 0.359 e. The van der Waals surface area contributed by atoms with Gasteiger partial charge in [0.2, 0.25) is 0 Å². The highest BCUT2D eigenvalue weighted by atomic mass is 16.5. The van der Waals surface area contributed by atoms with E-state index in [1.165, 1.54) is 11.1 Å². The number of benzene rings is 1. The first kappa shape index (κ1) is 17.1.